The molecule has 0 aliphatic heterocycles. The highest BCUT2D eigenvalue weighted by molar-refractivity contribution is 6.34. The monoisotopic (exact) mass is 307 g/mol. The third-order valence-electron chi connectivity index (χ3n) is 2.93. The number of carbonyl (C=O) groups excluding carboxylic acids is 1. The maximum atomic E-state index is 13.0. The Kier molecular flexibility index (Phi) is 4.33. The Bertz CT molecular complexity index is 689. The van der Waals surface area contributed by atoms with E-state index in [1.807, 2.05) is 14.1 Å². The lowest BCUT2D eigenvalue weighted by Crippen LogP contribution is -2.19. The number of rotatable bonds is 3. The lowest BCUT2D eigenvalue weighted by atomic mass is 10.1. The Morgan fingerprint density at radius 1 is 1.24 bits per heavy atom. The van der Waals surface area contributed by atoms with Gasteiger partial charge in [-0.15, -0.1) is 0 Å². The van der Waals surface area contributed by atoms with E-state index < -0.39 is 5.82 Å². The summed E-state index contributed by atoms with van der Waals surface area (Å²) in [5.41, 5.74) is 7.70. The zero-order valence-corrected chi connectivity index (χ0v) is 12.4. The van der Waals surface area contributed by atoms with Gasteiger partial charge in [0.05, 0.1) is 16.3 Å². The van der Waals surface area contributed by atoms with Gasteiger partial charge < -0.3 is 16.0 Å². The molecule has 110 valence electrons. The normalized spacial score (nSPS) is 10.3. The van der Waals surface area contributed by atoms with Gasteiger partial charge in [-0.2, -0.15) is 0 Å². The standard InChI is InChI=1S/C15H15ClFN3O/c1-20(2)14-6-4-10(18)8-11(14)15(21)19-13-5-3-9(17)7-12(13)16/h3-8H,18H2,1-2H3,(H,19,21). The highest BCUT2D eigenvalue weighted by Crippen LogP contribution is 2.26. The molecule has 0 atom stereocenters. The van der Waals surface area contributed by atoms with Crippen molar-refractivity contribution in [1.29, 1.82) is 0 Å². The number of benzene rings is 2. The van der Waals surface area contributed by atoms with Gasteiger partial charge in [-0.1, -0.05) is 11.6 Å². The number of nitrogens with two attached hydrogens (primary N) is 1. The maximum Gasteiger partial charge on any atom is 0.257 e. The van der Waals surface area contributed by atoms with Crippen molar-refractivity contribution in [3.8, 4) is 0 Å². The van der Waals surface area contributed by atoms with Crippen LogP contribution in [0, 0.1) is 5.82 Å². The number of halogens is 2. The van der Waals surface area contributed by atoms with Gasteiger partial charge in [0.25, 0.3) is 5.91 Å². The topological polar surface area (TPSA) is 58.4 Å². The second-order valence-electron chi connectivity index (χ2n) is 4.75. The highest BCUT2D eigenvalue weighted by Gasteiger charge is 2.15. The lowest BCUT2D eigenvalue weighted by Gasteiger charge is -2.18. The zero-order chi connectivity index (χ0) is 15.6. The smallest absolute Gasteiger partial charge is 0.257 e. The molecule has 0 heterocycles. The Morgan fingerprint density at radius 3 is 2.57 bits per heavy atom. The van der Waals surface area contributed by atoms with Crippen LogP contribution in [-0.4, -0.2) is 20.0 Å². The molecule has 0 saturated heterocycles. The summed E-state index contributed by atoms with van der Waals surface area (Å²) < 4.78 is 13.0. The summed E-state index contributed by atoms with van der Waals surface area (Å²) in [7, 11) is 3.65. The summed E-state index contributed by atoms with van der Waals surface area (Å²) in [6.45, 7) is 0. The van der Waals surface area contributed by atoms with Crippen LogP contribution in [0.5, 0.6) is 0 Å². The van der Waals surface area contributed by atoms with Crippen molar-refractivity contribution in [3.63, 3.8) is 0 Å². The van der Waals surface area contributed by atoms with E-state index in [-0.39, 0.29) is 10.9 Å². The Morgan fingerprint density at radius 2 is 1.95 bits per heavy atom. The van der Waals surface area contributed by atoms with Crippen molar-refractivity contribution < 1.29 is 9.18 Å². The average molecular weight is 308 g/mol. The van der Waals surface area contributed by atoms with Gasteiger partial charge in [-0.25, -0.2) is 4.39 Å². The first-order chi connectivity index (χ1) is 9.88. The van der Waals surface area contributed by atoms with Crippen molar-refractivity contribution in [3.05, 3.63) is 52.8 Å². The van der Waals surface area contributed by atoms with Crippen molar-refractivity contribution in [2.45, 2.75) is 0 Å². The molecular formula is C15H15ClFN3O. The molecule has 0 aromatic heterocycles. The Hall–Kier alpha value is -2.27. The van der Waals surface area contributed by atoms with E-state index in [9.17, 15) is 9.18 Å². The molecule has 2 rings (SSSR count). The van der Waals surface area contributed by atoms with E-state index in [2.05, 4.69) is 5.32 Å². The summed E-state index contributed by atoms with van der Waals surface area (Å²) in [6.07, 6.45) is 0. The van der Waals surface area contributed by atoms with E-state index >= 15 is 0 Å². The largest absolute Gasteiger partial charge is 0.399 e. The van der Waals surface area contributed by atoms with Gasteiger partial charge in [-0.05, 0) is 36.4 Å². The number of nitrogen functional groups attached to an aromatic ring is 1. The quantitative estimate of drug-likeness (QED) is 0.855. The predicted octanol–water partition coefficient (Wildman–Crippen LogP) is 3.38. The molecule has 3 N–H and O–H groups in total. The number of carbonyl (C=O) groups is 1. The molecule has 0 radical (unpaired) electrons. The molecule has 2 aromatic carbocycles. The first-order valence-electron chi connectivity index (χ1n) is 6.21. The van der Waals surface area contributed by atoms with Gasteiger partial charge in [0, 0.05) is 25.5 Å². The molecule has 2 aromatic rings. The predicted molar refractivity (Wildman–Crippen MR) is 84.5 cm³/mol. The van der Waals surface area contributed by atoms with Crippen LogP contribution >= 0.6 is 11.6 Å². The first kappa shape index (κ1) is 15.1. The minimum Gasteiger partial charge on any atom is -0.399 e. The van der Waals surface area contributed by atoms with Crippen LogP contribution in [0.1, 0.15) is 10.4 Å². The maximum absolute atomic E-state index is 13.0. The van der Waals surface area contributed by atoms with E-state index in [1.54, 1.807) is 23.1 Å². The van der Waals surface area contributed by atoms with Crippen LogP contribution < -0.4 is 16.0 Å². The fourth-order valence-electron chi connectivity index (χ4n) is 1.91. The third-order valence-corrected chi connectivity index (χ3v) is 3.24. The van der Waals surface area contributed by atoms with Crippen molar-refractivity contribution in [2.75, 3.05) is 30.0 Å². The fourth-order valence-corrected chi connectivity index (χ4v) is 2.12. The number of nitrogens with zero attached hydrogens (tertiary/aromatic N) is 1. The molecule has 21 heavy (non-hydrogen) atoms. The van der Waals surface area contributed by atoms with Crippen molar-refractivity contribution in [1.82, 2.24) is 0 Å². The minimum absolute atomic E-state index is 0.138. The molecule has 0 unspecified atom stereocenters. The third kappa shape index (κ3) is 3.44. The van der Waals surface area contributed by atoms with Gasteiger partial charge in [0.2, 0.25) is 0 Å². The fraction of sp³-hybridized carbons (Fsp3) is 0.133. The number of amides is 1. The summed E-state index contributed by atoms with van der Waals surface area (Å²) in [4.78, 5) is 14.2. The van der Waals surface area contributed by atoms with E-state index in [1.165, 1.54) is 12.1 Å². The van der Waals surface area contributed by atoms with Crippen LogP contribution in [0.25, 0.3) is 0 Å². The van der Waals surface area contributed by atoms with Crippen molar-refractivity contribution in [2.24, 2.45) is 0 Å². The van der Waals surface area contributed by atoms with Crippen LogP contribution in [0.2, 0.25) is 5.02 Å². The van der Waals surface area contributed by atoms with Gasteiger partial charge in [0.1, 0.15) is 5.82 Å². The highest BCUT2D eigenvalue weighted by atomic mass is 35.5. The summed E-state index contributed by atoms with van der Waals surface area (Å²) in [5, 5.41) is 2.79. The molecule has 0 spiro atoms. The molecule has 4 nitrogen and oxygen atoms in total. The molecule has 0 saturated carbocycles. The zero-order valence-electron chi connectivity index (χ0n) is 11.7. The first-order valence-corrected chi connectivity index (χ1v) is 6.59. The van der Waals surface area contributed by atoms with Crippen LogP contribution in [-0.2, 0) is 0 Å². The molecular weight excluding hydrogens is 293 g/mol. The summed E-state index contributed by atoms with van der Waals surface area (Å²) in [5.74, 6) is -0.824. The number of nitrogens with one attached hydrogen (secondary N) is 1. The molecule has 1 amide bonds. The van der Waals surface area contributed by atoms with Gasteiger partial charge in [-0.3, -0.25) is 4.79 Å². The number of hydrogen-bond acceptors (Lipinski definition) is 3. The molecule has 0 fully saturated rings. The second-order valence-corrected chi connectivity index (χ2v) is 5.16. The van der Waals surface area contributed by atoms with E-state index in [0.29, 0.717) is 16.9 Å². The van der Waals surface area contributed by atoms with E-state index in [0.717, 1.165) is 11.8 Å². The van der Waals surface area contributed by atoms with Gasteiger partial charge >= 0.3 is 0 Å². The number of anilines is 3. The van der Waals surface area contributed by atoms with Crippen molar-refractivity contribution >= 4 is 34.6 Å². The van der Waals surface area contributed by atoms with Gasteiger partial charge in [0.15, 0.2) is 0 Å². The number of hydrogen-bond donors (Lipinski definition) is 2. The molecule has 0 bridgehead atoms. The summed E-state index contributed by atoms with van der Waals surface area (Å²) >= 11 is 5.90. The minimum atomic E-state index is -0.462. The van der Waals surface area contributed by atoms with Crippen LogP contribution in [0.4, 0.5) is 21.5 Å². The summed E-state index contributed by atoms with van der Waals surface area (Å²) in [6, 6.07) is 8.85. The van der Waals surface area contributed by atoms with Crippen LogP contribution in [0.3, 0.4) is 0 Å². The SMILES string of the molecule is CN(C)c1ccc(N)cc1C(=O)Nc1ccc(F)cc1Cl. The Balaban J connectivity index is 2.34. The molecule has 0 aliphatic rings. The molecule has 6 heteroatoms. The molecule has 0 aliphatic carbocycles. The Labute approximate surface area is 127 Å². The lowest BCUT2D eigenvalue weighted by molar-refractivity contribution is 0.102. The van der Waals surface area contributed by atoms with Crippen LogP contribution in [0.15, 0.2) is 36.4 Å². The average Bonchev–Trinajstić information content (AvgIpc) is 2.41. The second kappa shape index (κ2) is 6.01. The van der Waals surface area contributed by atoms with E-state index in [4.69, 9.17) is 17.3 Å².